The first-order valence-electron chi connectivity index (χ1n) is 9.64. The fraction of sp³-hybridized carbons (Fsp3) is 0.227. The lowest BCUT2D eigenvalue weighted by Gasteiger charge is -2.17. The fourth-order valence-corrected chi connectivity index (χ4v) is 4.69. The van der Waals surface area contributed by atoms with E-state index in [2.05, 4.69) is 16.4 Å². The minimum Gasteiger partial charge on any atom is -0.408 e. The van der Waals surface area contributed by atoms with Crippen molar-refractivity contribution in [2.75, 3.05) is 11.4 Å². The number of aryl methyl sites for hydroxylation is 2. The highest BCUT2D eigenvalue weighted by Gasteiger charge is 2.25. The van der Waals surface area contributed by atoms with Gasteiger partial charge in [0.25, 0.3) is 0 Å². The molecule has 0 spiro atoms. The fourth-order valence-electron chi connectivity index (χ4n) is 3.91. The lowest BCUT2D eigenvalue weighted by molar-refractivity contribution is -0.118. The molecule has 0 unspecified atom stereocenters. The maximum atomic E-state index is 12.9. The van der Waals surface area contributed by atoms with Crippen LogP contribution < -0.4 is 10.7 Å². The predicted molar refractivity (Wildman–Crippen MR) is 118 cm³/mol. The summed E-state index contributed by atoms with van der Waals surface area (Å²) in [5.74, 6) is -0.494. The predicted octanol–water partition coefficient (Wildman–Crippen LogP) is 4.66. The molecule has 8 heteroatoms. The van der Waals surface area contributed by atoms with Crippen molar-refractivity contribution in [3.8, 4) is 11.3 Å². The smallest absolute Gasteiger partial charge is 0.408 e. The number of hydrogen-bond acceptors (Lipinski definition) is 5. The van der Waals surface area contributed by atoms with Gasteiger partial charge in [-0.1, -0.05) is 17.7 Å². The van der Waals surface area contributed by atoms with Gasteiger partial charge in [-0.3, -0.25) is 9.36 Å². The number of carbonyl (C=O) groups is 1. The largest absolute Gasteiger partial charge is 0.419 e. The van der Waals surface area contributed by atoms with Crippen LogP contribution in [-0.2, 0) is 17.8 Å². The van der Waals surface area contributed by atoms with E-state index in [4.69, 9.17) is 16.0 Å². The van der Waals surface area contributed by atoms with Gasteiger partial charge in [0, 0.05) is 47.2 Å². The molecule has 30 heavy (non-hydrogen) atoms. The number of carbonyl (C=O) groups excluding carboxylic acids is 1. The number of thiazole rings is 1. The van der Waals surface area contributed by atoms with Gasteiger partial charge >= 0.3 is 5.76 Å². The standard InChI is InChI=1S/C22H18ClN3O3S/c1-13-24-17(12-30-13)14-2-4-18-15(10-14)6-8-25(18)21(27)7-9-26-19-5-3-16(23)11-20(19)29-22(26)28/h2-5,10-12H,6-9H2,1H3. The maximum Gasteiger partial charge on any atom is 0.419 e. The van der Waals surface area contributed by atoms with Gasteiger partial charge in [-0.2, -0.15) is 0 Å². The molecule has 5 rings (SSSR count). The summed E-state index contributed by atoms with van der Waals surface area (Å²) in [5, 5.41) is 3.58. The molecule has 0 aliphatic carbocycles. The number of fused-ring (bicyclic) bond motifs is 2. The van der Waals surface area contributed by atoms with Crippen LogP contribution in [-0.4, -0.2) is 22.0 Å². The lowest BCUT2D eigenvalue weighted by Crippen LogP contribution is -2.30. The van der Waals surface area contributed by atoms with Gasteiger partial charge < -0.3 is 9.32 Å². The van der Waals surface area contributed by atoms with Crippen molar-refractivity contribution in [2.24, 2.45) is 0 Å². The van der Waals surface area contributed by atoms with Crippen LogP contribution in [0.4, 0.5) is 5.69 Å². The van der Waals surface area contributed by atoms with Crippen molar-refractivity contribution in [1.29, 1.82) is 0 Å². The maximum absolute atomic E-state index is 12.9. The molecule has 3 heterocycles. The molecular formula is C22H18ClN3O3S. The van der Waals surface area contributed by atoms with Gasteiger partial charge in [-0.25, -0.2) is 9.78 Å². The van der Waals surface area contributed by atoms with Gasteiger partial charge in [0.15, 0.2) is 5.58 Å². The highest BCUT2D eigenvalue weighted by molar-refractivity contribution is 7.09. The van der Waals surface area contributed by atoms with Crippen LogP contribution >= 0.6 is 22.9 Å². The topological polar surface area (TPSA) is 68.3 Å². The third-order valence-corrected chi connectivity index (χ3v) is 6.38. The number of aromatic nitrogens is 2. The van der Waals surface area contributed by atoms with Crippen LogP contribution in [0.5, 0.6) is 0 Å². The molecule has 6 nitrogen and oxygen atoms in total. The summed E-state index contributed by atoms with van der Waals surface area (Å²) in [4.78, 5) is 31.4. The summed E-state index contributed by atoms with van der Waals surface area (Å²) in [5.41, 5.74) is 5.19. The summed E-state index contributed by atoms with van der Waals surface area (Å²) in [6, 6.07) is 11.2. The molecule has 1 aliphatic heterocycles. The number of oxazole rings is 1. The molecule has 0 saturated heterocycles. The normalized spacial score (nSPS) is 13.2. The Kier molecular flexibility index (Phi) is 4.72. The zero-order valence-electron chi connectivity index (χ0n) is 16.2. The van der Waals surface area contributed by atoms with Crippen LogP contribution in [0.2, 0.25) is 5.02 Å². The van der Waals surface area contributed by atoms with Gasteiger partial charge in [-0.15, -0.1) is 11.3 Å². The van der Waals surface area contributed by atoms with Gasteiger partial charge in [-0.05, 0) is 43.2 Å². The Morgan fingerprint density at radius 3 is 2.93 bits per heavy atom. The van der Waals surface area contributed by atoms with Crippen LogP contribution in [0.15, 0.2) is 51.0 Å². The first kappa shape index (κ1) is 19.1. The van der Waals surface area contributed by atoms with E-state index in [1.54, 1.807) is 34.4 Å². The second kappa shape index (κ2) is 7.41. The van der Waals surface area contributed by atoms with E-state index in [9.17, 15) is 9.59 Å². The molecule has 0 fully saturated rings. The SMILES string of the molecule is Cc1nc(-c2ccc3c(c2)CCN3C(=O)CCn2c(=O)oc3cc(Cl)ccc32)cs1. The molecule has 0 N–H and O–H groups in total. The molecule has 4 aromatic rings. The van der Waals surface area contributed by atoms with Crippen molar-refractivity contribution in [1.82, 2.24) is 9.55 Å². The van der Waals surface area contributed by atoms with E-state index in [1.165, 1.54) is 4.57 Å². The third-order valence-electron chi connectivity index (χ3n) is 5.37. The van der Waals surface area contributed by atoms with Crippen molar-refractivity contribution in [2.45, 2.75) is 26.3 Å². The number of amides is 1. The summed E-state index contributed by atoms with van der Waals surface area (Å²) < 4.78 is 6.72. The van der Waals surface area contributed by atoms with E-state index in [0.29, 0.717) is 22.7 Å². The number of halogens is 1. The molecule has 1 aliphatic rings. The highest BCUT2D eigenvalue weighted by Crippen LogP contribution is 2.33. The Balaban J connectivity index is 1.34. The van der Waals surface area contributed by atoms with E-state index in [-0.39, 0.29) is 18.9 Å². The summed E-state index contributed by atoms with van der Waals surface area (Å²) in [7, 11) is 0. The minimum atomic E-state index is -0.481. The monoisotopic (exact) mass is 439 g/mol. The summed E-state index contributed by atoms with van der Waals surface area (Å²) in [6.45, 7) is 2.89. The molecular weight excluding hydrogens is 422 g/mol. The Labute approximate surface area is 181 Å². The minimum absolute atomic E-state index is 0.0128. The van der Waals surface area contributed by atoms with Crippen LogP contribution in [0.3, 0.4) is 0 Å². The van der Waals surface area contributed by atoms with Crippen LogP contribution in [0, 0.1) is 6.92 Å². The molecule has 0 radical (unpaired) electrons. The van der Waals surface area contributed by atoms with Gasteiger partial charge in [0.1, 0.15) is 0 Å². The average Bonchev–Trinajstić information content (AvgIpc) is 3.42. The number of nitrogens with zero attached hydrogens (tertiary/aromatic N) is 3. The lowest BCUT2D eigenvalue weighted by atomic mass is 10.1. The summed E-state index contributed by atoms with van der Waals surface area (Å²) >= 11 is 7.59. The Morgan fingerprint density at radius 2 is 2.13 bits per heavy atom. The van der Waals surface area contributed by atoms with Crippen LogP contribution in [0.1, 0.15) is 17.0 Å². The van der Waals surface area contributed by atoms with Crippen molar-refractivity contribution in [3.63, 3.8) is 0 Å². The molecule has 2 aromatic carbocycles. The first-order valence-corrected chi connectivity index (χ1v) is 10.9. The van der Waals surface area contributed by atoms with Crippen LogP contribution in [0.25, 0.3) is 22.4 Å². The number of hydrogen-bond donors (Lipinski definition) is 0. The third kappa shape index (κ3) is 3.34. The molecule has 0 saturated carbocycles. The number of anilines is 1. The second-order valence-electron chi connectivity index (χ2n) is 7.27. The second-order valence-corrected chi connectivity index (χ2v) is 8.77. The van der Waals surface area contributed by atoms with E-state index < -0.39 is 5.76 Å². The molecule has 0 atom stereocenters. The van der Waals surface area contributed by atoms with Crippen molar-refractivity contribution >= 4 is 45.6 Å². The summed E-state index contributed by atoms with van der Waals surface area (Å²) in [6.07, 6.45) is 1.02. The van der Waals surface area contributed by atoms with Gasteiger partial charge in [0.05, 0.1) is 16.2 Å². The average molecular weight is 440 g/mol. The Morgan fingerprint density at radius 1 is 1.27 bits per heavy atom. The van der Waals surface area contributed by atoms with Crippen molar-refractivity contribution in [3.05, 3.63) is 67.9 Å². The molecule has 1 amide bonds. The highest BCUT2D eigenvalue weighted by atomic mass is 35.5. The van der Waals surface area contributed by atoms with Gasteiger partial charge in [0.2, 0.25) is 5.91 Å². The number of benzene rings is 2. The van der Waals surface area contributed by atoms with E-state index in [0.717, 1.165) is 33.9 Å². The molecule has 152 valence electrons. The number of rotatable bonds is 4. The van der Waals surface area contributed by atoms with Crippen molar-refractivity contribution < 1.29 is 9.21 Å². The van der Waals surface area contributed by atoms with E-state index in [1.807, 2.05) is 19.1 Å². The zero-order chi connectivity index (χ0) is 20.8. The van der Waals surface area contributed by atoms with E-state index >= 15 is 0 Å². The Hall–Kier alpha value is -2.90. The molecule has 2 aromatic heterocycles. The molecule has 0 bridgehead atoms. The Bertz CT molecular complexity index is 1340. The first-order chi connectivity index (χ1) is 14.5. The quantitative estimate of drug-likeness (QED) is 0.463. The zero-order valence-corrected chi connectivity index (χ0v) is 17.8.